The van der Waals surface area contributed by atoms with Crippen LogP contribution in [0.4, 0.5) is 4.39 Å². The molecule has 0 amide bonds. The molecule has 0 spiro atoms. The number of hydrogen-bond acceptors (Lipinski definition) is 6. The largest absolute Gasteiger partial charge is 0.497 e. The number of piperidine rings is 1. The second-order valence-electron chi connectivity index (χ2n) is 8.93. The van der Waals surface area contributed by atoms with Crippen molar-refractivity contribution in [3.8, 4) is 17.6 Å². The third-order valence-corrected chi connectivity index (χ3v) is 7.59. The number of alkyl halides is 1. The number of aromatic nitrogens is 2. The summed E-state index contributed by atoms with van der Waals surface area (Å²) in [7, 11) is 1.55. The SMILES string of the molecule is COc1ccc2ncc(Cl)c([C@@H](F)CCC3(CC(=O)O)CCN(CC#Cc4cscn4)CC3)c2c1. The van der Waals surface area contributed by atoms with Crippen molar-refractivity contribution >= 4 is 39.8 Å². The number of carboxylic acids is 1. The van der Waals surface area contributed by atoms with Crippen LogP contribution in [0.25, 0.3) is 10.9 Å². The van der Waals surface area contributed by atoms with Gasteiger partial charge in [-0.1, -0.05) is 17.5 Å². The van der Waals surface area contributed by atoms with Gasteiger partial charge >= 0.3 is 5.97 Å². The summed E-state index contributed by atoms with van der Waals surface area (Å²) < 4.78 is 21.0. The minimum Gasteiger partial charge on any atom is -0.497 e. The highest BCUT2D eigenvalue weighted by molar-refractivity contribution is 7.07. The van der Waals surface area contributed by atoms with Crippen molar-refractivity contribution in [1.29, 1.82) is 0 Å². The molecule has 1 aromatic carbocycles. The lowest BCUT2D eigenvalue weighted by Gasteiger charge is -2.41. The number of carboxylic acid groups (broad SMARTS) is 1. The van der Waals surface area contributed by atoms with Gasteiger partial charge in [0.2, 0.25) is 0 Å². The maximum atomic E-state index is 15.7. The normalized spacial score (nSPS) is 16.4. The van der Waals surface area contributed by atoms with E-state index in [0.717, 1.165) is 18.8 Å². The van der Waals surface area contributed by atoms with Crippen LogP contribution in [-0.2, 0) is 4.79 Å². The number of pyridine rings is 1. The second kappa shape index (κ2) is 11.3. The molecule has 0 saturated carbocycles. The molecule has 9 heteroatoms. The molecule has 3 aromatic rings. The third kappa shape index (κ3) is 6.29. The van der Waals surface area contributed by atoms with Crippen molar-refractivity contribution in [1.82, 2.24) is 14.9 Å². The summed E-state index contributed by atoms with van der Waals surface area (Å²) in [5.41, 5.74) is 3.08. The standard InChI is InChI=1S/C26H27ClFN3O3S/c1-34-19-4-5-23-20(13-19)25(21(27)15-29-23)22(28)6-7-26(14-24(32)33)8-11-31(12-9-26)10-2-3-18-16-35-17-30-18/h4-5,13,15-17,22H,6-12,14H2,1H3,(H,32,33)/t22-/m0/s1. The maximum Gasteiger partial charge on any atom is 0.303 e. The highest BCUT2D eigenvalue weighted by atomic mass is 35.5. The molecule has 35 heavy (non-hydrogen) atoms. The van der Waals surface area contributed by atoms with Crippen LogP contribution < -0.4 is 4.74 Å². The molecule has 1 atom stereocenters. The van der Waals surface area contributed by atoms with Gasteiger partial charge in [-0.05, 0) is 68.3 Å². The smallest absolute Gasteiger partial charge is 0.303 e. The Hall–Kier alpha value is -2.73. The average molecular weight is 516 g/mol. The number of carbonyl (C=O) groups is 1. The van der Waals surface area contributed by atoms with E-state index in [-0.39, 0.29) is 17.9 Å². The first kappa shape index (κ1) is 25.4. The number of fused-ring (bicyclic) bond motifs is 1. The summed E-state index contributed by atoms with van der Waals surface area (Å²) in [5.74, 6) is 5.94. The molecule has 0 aliphatic carbocycles. The van der Waals surface area contributed by atoms with Crippen LogP contribution in [0, 0.1) is 17.3 Å². The highest BCUT2D eigenvalue weighted by Crippen LogP contribution is 2.44. The topological polar surface area (TPSA) is 75.6 Å². The van der Waals surface area contributed by atoms with Crippen LogP contribution in [0.5, 0.6) is 5.75 Å². The van der Waals surface area contributed by atoms with E-state index in [2.05, 4.69) is 26.7 Å². The first-order valence-electron chi connectivity index (χ1n) is 11.5. The van der Waals surface area contributed by atoms with Gasteiger partial charge in [-0.2, -0.15) is 0 Å². The summed E-state index contributed by atoms with van der Waals surface area (Å²) in [6.07, 6.45) is 2.17. The van der Waals surface area contributed by atoms with Gasteiger partial charge < -0.3 is 9.84 Å². The summed E-state index contributed by atoms with van der Waals surface area (Å²) in [6, 6.07) is 5.30. The predicted octanol–water partition coefficient (Wildman–Crippen LogP) is 5.75. The van der Waals surface area contributed by atoms with E-state index >= 15 is 4.39 Å². The molecule has 1 aliphatic heterocycles. The number of halogens is 2. The Morgan fingerprint density at radius 2 is 2.17 bits per heavy atom. The van der Waals surface area contributed by atoms with Crippen LogP contribution >= 0.6 is 22.9 Å². The summed E-state index contributed by atoms with van der Waals surface area (Å²) in [6.45, 7) is 2.06. The quantitative estimate of drug-likeness (QED) is 0.385. The Morgan fingerprint density at radius 1 is 1.37 bits per heavy atom. The number of nitrogens with zero attached hydrogens (tertiary/aromatic N) is 3. The molecule has 1 N–H and O–H groups in total. The van der Waals surface area contributed by atoms with Gasteiger partial charge in [-0.15, -0.1) is 11.3 Å². The van der Waals surface area contributed by atoms with Crippen molar-refractivity contribution in [2.75, 3.05) is 26.7 Å². The average Bonchev–Trinajstić information content (AvgIpc) is 3.36. The first-order valence-corrected chi connectivity index (χ1v) is 12.8. The van der Waals surface area contributed by atoms with E-state index in [1.54, 1.807) is 30.8 Å². The van der Waals surface area contributed by atoms with Crippen molar-refractivity contribution in [2.45, 2.75) is 38.3 Å². The van der Waals surface area contributed by atoms with Crippen molar-refractivity contribution in [3.05, 3.63) is 51.6 Å². The number of rotatable bonds is 8. The molecule has 184 valence electrons. The summed E-state index contributed by atoms with van der Waals surface area (Å²) >= 11 is 7.89. The summed E-state index contributed by atoms with van der Waals surface area (Å²) in [5, 5.41) is 12.4. The van der Waals surface area contributed by atoms with E-state index in [1.165, 1.54) is 17.5 Å². The number of thiazole rings is 1. The second-order valence-corrected chi connectivity index (χ2v) is 10.1. The molecular weight excluding hydrogens is 489 g/mol. The number of methoxy groups -OCH3 is 1. The zero-order valence-electron chi connectivity index (χ0n) is 19.5. The fourth-order valence-electron chi connectivity index (χ4n) is 4.73. The van der Waals surface area contributed by atoms with Gasteiger partial charge in [0.15, 0.2) is 0 Å². The van der Waals surface area contributed by atoms with Crippen molar-refractivity contribution < 1.29 is 19.0 Å². The van der Waals surface area contributed by atoms with E-state index < -0.39 is 17.6 Å². The molecule has 0 radical (unpaired) electrons. The van der Waals surface area contributed by atoms with Crippen LogP contribution in [0.1, 0.15) is 49.5 Å². The van der Waals surface area contributed by atoms with Gasteiger partial charge in [0.25, 0.3) is 0 Å². The molecular formula is C26H27ClFN3O3S. The number of hydrogen-bond donors (Lipinski definition) is 1. The highest BCUT2D eigenvalue weighted by Gasteiger charge is 2.37. The number of aliphatic carboxylic acids is 1. The Bertz CT molecular complexity index is 1230. The Morgan fingerprint density at radius 3 is 2.86 bits per heavy atom. The van der Waals surface area contributed by atoms with E-state index in [0.29, 0.717) is 48.0 Å². The Labute approximate surface area is 213 Å². The molecule has 1 aliphatic rings. The lowest BCUT2D eigenvalue weighted by molar-refractivity contribution is -0.141. The lowest BCUT2D eigenvalue weighted by Crippen LogP contribution is -2.41. The predicted molar refractivity (Wildman–Crippen MR) is 136 cm³/mol. The molecule has 4 rings (SSSR count). The van der Waals surface area contributed by atoms with Crippen LogP contribution in [0.15, 0.2) is 35.3 Å². The Kier molecular flexibility index (Phi) is 8.22. The van der Waals surface area contributed by atoms with Gasteiger partial charge in [0.05, 0.1) is 36.1 Å². The lowest BCUT2D eigenvalue weighted by atomic mass is 9.71. The number of benzene rings is 1. The molecule has 1 saturated heterocycles. The van der Waals surface area contributed by atoms with Gasteiger partial charge in [0.1, 0.15) is 17.6 Å². The molecule has 0 bridgehead atoms. The van der Waals surface area contributed by atoms with E-state index in [4.69, 9.17) is 16.3 Å². The zero-order chi connectivity index (χ0) is 24.8. The van der Waals surface area contributed by atoms with E-state index in [9.17, 15) is 9.90 Å². The fourth-order valence-corrected chi connectivity index (χ4v) is 5.48. The molecule has 3 heterocycles. The van der Waals surface area contributed by atoms with Crippen molar-refractivity contribution in [3.63, 3.8) is 0 Å². The minimum atomic E-state index is -1.34. The van der Waals surface area contributed by atoms with Crippen LogP contribution in [-0.4, -0.2) is 52.7 Å². The van der Waals surface area contributed by atoms with Gasteiger partial charge in [-0.3, -0.25) is 14.7 Å². The maximum absolute atomic E-state index is 15.7. The number of likely N-dealkylation sites (tertiary alicyclic amines) is 1. The fraction of sp³-hybridized carbons (Fsp3) is 0.423. The summed E-state index contributed by atoms with van der Waals surface area (Å²) in [4.78, 5) is 22.4. The zero-order valence-corrected chi connectivity index (χ0v) is 21.0. The molecule has 2 aromatic heterocycles. The molecule has 6 nitrogen and oxygen atoms in total. The van der Waals surface area contributed by atoms with E-state index in [1.807, 2.05) is 5.38 Å². The van der Waals surface area contributed by atoms with Gasteiger partial charge in [0, 0.05) is 22.5 Å². The first-order chi connectivity index (χ1) is 16.9. The molecule has 0 unspecified atom stereocenters. The monoisotopic (exact) mass is 515 g/mol. The van der Waals surface area contributed by atoms with Crippen LogP contribution in [0.3, 0.4) is 0 Å². The van der Waals surface area contributed by atoms with Crippen LogP contribution in [0.2, 0.25) is 5.02 Å². The van der Waals surface area contributed by atoms with Gasteiger partial charge in [-0.25, -0.2) is 9.37 Å². The third-order valence-electron chi connectivity index (χ3n) is 6.70. The Balaban J connectivity index is 1.44. The number of ether oxygens (including phenoxy) is 1. The minimum absolute atomic E-state index is 0.0245. The molecule has 1 fully saturated rings. The van der Waals surface area contributed by atoms with Crippen molar-refractivity contribution in [2.24, 2.45) is 5.41 Å².